The zero-order valence-electron chi connectivity index (χ0n) is 7.39. The van der Waals surface area contributed by atoms with E-state index in [1.807, 2.05) is 18.2 Å². The highest BCUT2D eigenvalue weighted by Gasteiger charge is 2.19. The molecule has 1 saturated heterocycles. The summed E-state index contributed by atoms with van der Waals surface area (Å²) in [4.78, 5) is 6.30. The van der Waals surface area contributed by atoms with Gasteiger partial charge in [0.25, 0.3) is 0 Å². The molecule has 70 valence electrons. The molecule has 1 atom stereocenters. The zero-order chi connectivity index (χ0) is 9.10. The average Bonchev–Trinajstić information content (AvgIpc) is 2.20. The Morgan fingerprint density at radius 3 is 3.15 bits per heavy atom. The van der Waals surface area contributed by atoms with E-state index in [4.69, 9.17) is 10.5 Å². The molecule has 2 rings (SSSR count). The predicted molar refractivity (Wildman–Crippen MR) is 50.4 cm³/mol. The molecule has 1 aromatic rings. The first-order chi connectivity index (χ1) is 6.38. The monoisotopic (exact) mass is 179 g/mol. The molecule has 4 nitrogen and oxygen atoms in total. The lowest BCUT2D eigenvalue weighted by Gasteiger charge is -2.33. The van der Waals surface area contributed by atoms with Gasteiger partial charge in [0.2, 0.25) is 0 Å². The molecule has 1 fully saturated rings. The Morgan fingerprint density at radius 2 is 2.46 bits per heavy atom. The molecule has 0 radical (unpaired) electrons. The first kappa shape index (κ1) is 8.47. The summed E-state index contributed by atoms with van der Waals surface area (Å²) in [5.41, 5.74) is 5.87. The van der Waals surface area contributed by atoms with E-state index >= 15 is 0 Å². The van der Waals surface area contributed by atoms with E-state index in [9.17, 15) is 0 Å². The van der Waals surface area contributed by atoms with Gasteiger partial charge in [-0.25, -0.2) is 4.98 Å². The number of hydrogen-bond acceptors (Lipinski definition) is 4. The molecule has 1 aliphatic rings. The Balaban J connectivity index is 2.15. The van der Waals surface area contributed by atoms with Gasteiger partial charge in [0, 0.05) is 12.7 Å². The normalized spacial score (nSPS) is 23.2. The number of nitrogens with zero attached hydrogens (tertiary/aromatic N) is 2. The Bertz CT molecular complexity index is 265. The maximum Gasteiger partial charge on any atom is 0.129 e. The number of morpholine rings is 1. The molecular weight excluding hydrogens is 166 g/mol. The lowest BCUT2D eigenvalue weighted by molar-refractivity contribution is 0.0954. The molecule has 0 aromatic carbocycles. The number of anilines is 1. The molecule has 1 unspecified atom stereocenters. The number of nitrogens with two attached hydrogens (primary N) is 1. The Kier molecular flexibility index (Phi) is 2.42. The smallest absolute Gasteiger partial charge is 0.129 e. The molecule has 2 heterocycles. The van der Waals surface area contributed by atoms with Gasteiger partial charge in [0.15, 0.2) is 0 Å². The van der Waals surface area contributed by atoms with Gasteiger partial charge in [-0.05, 0) is 12.1 Å². The van der Waals surface area contributed by atoms with Gasteiger partial charge in [-0.2, -0.15) is 0 Å². The standard InChI is InChI=1S/C9H13N3O/c10-8-7-13-6-5-12(8)9-3-1-2-4-11-9/h1-4,8H,5-7,10H2. The summed E-state index contributed by atoms with van der Waals surface area (Å²) in [6.07, 6.45) is 1.71. The minimum atomic E-state index is -0.0661. The largest absolute Gasteiger partial charge is 0.376 e. The van der Waals surface area contributed by atoms with Gasteiger partial charge in [-0.15, -0.1) is 0 Å². The number of aromatic nitrogens is 1. The molecule has 13 heavy (non-hydrogen) atoms. The SMILES string of the molecule is NC1COCCN1c1ccccn1. The van der Waals surface area contributed by atoms with Crippen LogP contribution >= 0.6 is 0 Å². The van der Waals surface area contributed by atoms with Crippen molar-refractivity contribution in [1.29, 1.82) is 0 Å². The van der Waals surface area contributed by atoms with Crippen LogP contribution in [0.2, 0.25) is 0 Å². The third-order valence-electron chi connectivity index (χ3n) is 2.11. The third kappa shape index (κ3) is 1.79. The maximum absolute atomic E-state index is 5.87. The highest BCUT2D eigenvalue weighted by Crippen LogP contribution is 2.13. The van der Waals surface area contributed by atoms with Crippen LogP contribution in [0, 0.1) is 0 Å². The van der Waals surface area contributed by atoms with Crippen molar-refractivity contribution in [3.63, 3.8) is 0 Å². The molecule has 1 aliphatic heterocycles. The fourth-order valence-corrected chi connectivity index (χ4v) is 1.43. The molecule has 0 aliphatic carbocycles. The second-order valence-electron chi connectivity index (χ2n) is 3.02. The van der Waals surface area contributed by atoms with Crippen LogP contribution in [0.3, 0.4) is 0 Å². The highest BCUT2D eigenvalue weighted by atomic mass is 16.5. The van der Waals surface area contributed by atoms with Crippen LogP contribution in [-0.4, -0.2) is 30.9 Å². The van der Waals surface area contributed by atoms with E-state index in [2.05, 4.69) is 9.88 Å². The number of rotatable bonds is 1. The van der Waals surface area contributed by atoms with Crippen LogP contribution < -0.4 is 10.6 Å². The van der Waals surface area contributed by atoms with Gasteiger partial charge in [0.1, 0.15) is 12.0 Å². The van der Waals surface area contributed by atoms with Crippen LogP contribution in [0.4, 0.5) is 5.82 Å². The van der Waals surface area contributed by atoms with Crippen molar-refractivity contribution in [1.82, 2.24) is 4.98 Å². The van der Waals surface area contributed by atoms with Gasteiger partial charge in [-0.1, -0.05) is 6.07 Å². The first-order valence-corrected chi connectivity index (χ1v) is 4.39. The van der Waals surface area contributed by atoms with E-state index in [1.54, 1.807) is 6.20 Å². The Hall–Kier alpha value is -1.13. The number of ether oxygens (including phenoxy) is 1. The quantitative estimate of drug-likeness (QED) is 0.669. The topological polar surface area (TPSA) is 51.4 Å². The van der Waals surface area contributed by atoms with Gasteiger partial charge >= 0.3 is 0 Å². The molecule has 0 saturated carbocycles. The molecule has 4 heteroatoms. The number of hydrogen-bond donors (Lipinski definition) is 1. The lowest BCUT2D eigenvalue weighted by Crippen LogP contribution is -2.51. The average molecular weight is 179 g/mol. The summed E-state index contributed by atoms with van der Waals surface area (Å²) >= 11 is 0. The lowest BCUT2D eigenvalue weighted by atomic mass is 10.3. The highest BCUT2D eigenvalue weighted by molar-refractivity contribution is 5.39. The van der Waals surface area contributed by atoms with E-state index in [-0.39, 0.29) is 6.17 Å². The molecule has 0 spiro atoms. The second-order valence-corrected chi connectivity index (χ2v) is 3.02. The van der Waals surface area contributed by atoms with Crippen LogP contribution in [0.15, 0.2) is 24.4 Å². The van der Waals surface area contributed by atoms with Gasteiger partial charge in [-0.3, -0.25) is 0 Å². The fraction of sp³-hybridized carbons (Fsp3) is 0.444. The zero-order valence-corrected chi connectivity index (χ0v) is 7.39. The summed E-state index contributed by atoms with van der Waals surface area (Å²) in [6, 6.07) is 5.82. The summed E-state index contributed by atoms with van der Waals surface area (Å²) < 4.78 is 5.24. The molecule has 2 N–H and O–H groups in total. The molecule has 0 amide bonds. The summed E-state index contributed by atoms with van der Waals surface area (Å²) in [6.45, 7) is 2.12. The van der Waals surface area contributed by atoms with Crippen molar-refractivity contribution in [2.75, 3.05) is 24.7 Å². The van der Waals surface area contributed by atoms with Crippen molar-refractivity contribution in [2.24, 2.45) is 5.73 Å². The van der Waals surface area contributed by atoms with Crippen molar-refractivity contribution < 1.29 is 4.74 Å². The minimum absolute atomic E-state index is 0.0661. The Labute approximate surface area is 77.3 Å². The minimum Gasteiger partial charge on any atom is -0.376 e. The Morgan fingerprint density at radius 1 is 1.54 bits per heavy atom. The fourth-order valence-electron chi connectivity index (χ4n) is 1.43. The van der Waals surface area contributed by atoms with Crippen molar-refractivity contribution >= 4 is 5.82 Å². The van der Waals surface area contributed by atoms with E-state index in [1.165, 1.54) is 0 Å². The van der Waals surface area contributed by atoms with Crippen LogP contribution in [0.1, 0.15) is 0 Å². The summed E-state index contributed by atoms with van der Waals surface area (Å²) in [7, 11) is 0. The van der Waals surface area contributed by atoms with Gasteiger partial charge in [0.05, 0.1) is 13.2 Å². The molecule has 1 aromatic heterocycles. The summed E-state index contributed by atoms with van der Waals surface area (Å²) in [5.74, 6) is 0.929. The van der Waals surface area contributed by atoms with Crippen molar-refractivity contribution in [3.8, 4) is 0 Å². The van der Waals surface area contributed by atoms with Crippen molar-refractivity contribution in [2.45, 2.75) is 6.17 Å². The third-order valence-corrected chi connectivity index (χ3v) is 2.11. The molecule has 0 bridgehead atoms. The number of pyridine rings is 1. The van der Waals surface area contributed by atoms with Crippen LogP contribution in [-0.2, 0) is 4.74 Å². The van der Waals surface area contributed by atoms with E-state index in [0.717, 1.165) is 19.0 Å². The van der Waals surface area contributed by atoms with E-state index in [0.29, 0.717) is 6.61 Å². The predicted octanol–water partition coefficient (Wildman–Crippen LogP) is 0.203. The van der Waals surface area contributed by atoms with E-state index < -0.39 is 0 Å². The van der Waals surface area contributed by atoms with Crippen LogP contribution in [0.5, 0.6) is 0 Å². The van der Waals surface area contributed by atoms with Gasteiger partial charge < -0.3 is 15.4 Å². The van der Waals surface area contributed by atoms with Crippen molar-refractivity contribution in [3.05, 3.63) is 24.4 Å². The molecular formula is C9H13N3O. The summed E-state index contributed by atoms with van der Waals surface area (Å²) in [5, 5.41) is 0. The first-order valence-electron chi connectivity index (χ1n) is 4.39. The van der Waals surface area contributed by atoms with Crippen LogP contribution in [0.25, 0.3) is 0 Å². The maximum atomic E-state index is 5.87. The second kappa shape index (κ2) is 3.72.